The van der Waals surface area contributed by atoms with Gasteiger partial charge in [-0.2, -0.15) is 5.10 Å². The molecule has 3 atom stereocenters. The first-order valence-corrected chi connectivity index (χ1v) is 7.45. The summed E-state index contributed by atoms with van der Waals surface area (Å²) in [5.41, 5.74) is 3.75. The van der Waals surface area contributed by atoms with Gasteiger partial charge in [-0.05, 0) is 46.0 Å². The fourth-order valence-electron chi connectivity index (χ4n) is 3.50. The van der Waals surface area contributed by atoms with E-state index in [4.69, 9.17) is 4.74 Å². The summed E-state index contributed by atoms with van der Waals surface area (Å²) in [6.07, 6.45) is 4.29. The lowest BCUT2D eigenvalue weighted by Gasteiger charge is -2.24. The van der Waals surface area contributed by atoms with Gasteiger partial charge in [0, 0.05) is 37.0 Å². The van der Waals surface area contributed by atoms with Crippen molar-refractivity contribution in [1.29, 1.82) is 0 Å². The summed E-state index contributed by atoms with van der Waals surface area (Å²) in [5, 5.41) is 8.30. The van der Waals surface area contributed by atoms with E-state index in [-0.39, 0.29) is 0 Å². The van der Waals surface area contributed by atoms with Crippen LogP contribution in [0.3, 0.4) is 0 Å². The molecule has 2 fully saturated rings. The van der Waals surface area contributed by atoms with Crippen molar-refractivity contribution < 1.29 is 4.74 Å². The third-order valence-electron chi connectivity index (χ3n) is 4.68. The van der Waals surface area contributed by atoms with Crippen molar-refractivity contribution in [2.75, 3.05) is 6.61 Å². The Labute approximate surface area is 115 Å². The monoisotopic (exact) mass is 263 g/mol. The van der Waals surface area contributed by atoms with Gasteiger partial charge >= 0.3 is 0 Å². The minimum atomic E-state index is 0.349. The van der Waals surface area contributed by atoms with Crippen molar-refractivity contribution in [3.63, 3.8) is 0 Å². The summed E-state index contributed by atoms with van der Waals surface area (Å²) < 4.78 is 7.89. The summed E-state index contributed by atoms with van der Waals surface area (Å²) >= 11 is 0. The Morgan fingerprint density at radius 2 is 2.05 bits per heavy atom. The van der Waals surface area contributed by atoms with Gasteiger partial charge < -0.3 is 10.1 Å². The van der Waals surface area contributed by atoms with Gasteiger partial charge in [-0.25, -0.2) is 0 Å². The maximum atomic E-state index is 5.91. The molecular weight excluding hydrogens is 238 g/mol. The summed E-state index contributed by atoms with van der Waals surface area (Å²) in [4.78, 5) is 0. The number of ether oxygens (including phenoxy) is 1. The Hall–Kier alpha value is -0.870. The molecular formula is C15H25N3O. The van der Waals surface area contributed by atoms with Crippen LogP contribution in [0.15, 0.2) is 0 Å². The Balaban J connectivity index is 1.71. The smallest absolute Gasteiger partial charge is 0.0757 e. The van der Waals surface area contributed by atoms with Gasteiger partial charge in [-0.1, -0.05) is 0 Å². The van der Waals surface area contributed by atoms with Crippen molar-refractivity contribution in [2.45, 2.75) is 58.2 Å². The van der Waals surface area contributed by atoms with E-state index in [2.05, 4.69) is 31.2 Å². The van der Waals surface area contributed by atoms with Crippen LogP contribution in [0.1, 0.15) is 49.2 Å². The molecule has 1 aliphatic heterocycles. The zero-order valence-corrected chi connectivity index (χ0v) is 12.4. The topological polar surface area (TPSA) is 39.1 Å². The van der Waals surface area contributed by atoms with E-state index in [1.54, 1.807) is 0 Å². The van der Waals surface area contributed by atoms with E-state index < -0.39 is 0 Å². The quantitative estimate of drug-likeness (QED) is 0.905. The molecule has 19 heavy (non-hydrogen) atoms. The fourth-order valence-corrected chi connectivity index (χ4v) is 3.50. The molecule has 0 spiro atoms. The molecule has 1 aromatic heterocycles. The lowest BCUT2D eigenvalue weighted by molar-refractivity contribution is 0.0792. The van der Waals surface area contributed by atoms with Gasteiger partial charge in [0.2, 0.25) is 0 Å². The normalized spacial score (nSPS) is 28.8. The minimum Gasteiger partial charge on any atom is -0.376 e. The predicted molar refractivity (Wildman–Crippen MR) is 75.1 cm³/mol. The molecule has 1 N–H and O–H groups in total. The number of rotatable bonds is 4. The highest BCUT2D eigenvalue weighted by molar-refractivity contribution is 5.27. The first-order chi connectivity index (χ1) is 9.08. The van der Waals surface area contributed by atoms with Crippen molar-refractivity contribution in [3.05, 3.63) is 17.0 Å². The molecule has 0 aromatic carbocycles. The van der Waals surface area contributed by atoms with Crippen LogP contribution in [0.25, 0.3) is 0 Å². The molecule has 3 rings (SSSR count). The fraction of sp³-hybridized carbons (Fsp3) is 0.800. The van der Waals surface area contributed by atoms with E-state index in [9.17, 15) is 0 Å². The Morgan fingerprint density at radius 3 is 2.63 bits per heavy atom. The van der Waals surface area contributed by atoms with E-state index >= 15 is 0 Å². The van der Waals surface area contributed by atoms with Gasteiger partial charge in [0.25, 0.3) is 0 Å². The van der Waals surface area contributed by atoms with Crippen LogP contribution in [0, 0.1) is 19.8 Å². The molecule has 0 bridgehead atoms. The number of nitrogens with zero attached hydrogens (tertiary/aromatic N) is 2. The van der Waals surface area contributed by atoms with E-state index in [1.165, 1.54) is 24.1 Å². The predicted octanol–water partition coefficient (Wildman–Crippen LogP) is 2.26. The molecule has 4 heteroatoms. The van der Waals surface area contributed by atoms with Crippen molar-refractivity contribution in [3.8, 4) is 0 Å². The lowest BCUT2D eigenvalue weighted by atomic mass is 10.0. The number of hydrogen-bond donors (Lipinski definition) is 1. The number of nitrogens with one attached hydrogen (secondary N) is 1. The number of aromatic nitrogens is 2. The second-order valence-corrected chi connectivity index (χ2v) is 6.16. The first kappa shape index (κ1) is 13.1. The highest BCUT2D eigenvalue weighted by atomic mass is 16.5. The largest absolute Gasteiger partial charge is 0.376 e. The molecule has 1 saturated heterocycles. The lowest BCUT2D eigenvalue weighted by Crippen LogP contribution is -2.39. The molecule has 2 aliphatic rings. The second-order valence-electron chi connectivity index (χ2n) is 6.16. The summed E-state index contributed by atoms with van der Waals surface area (Å²) in [6, 6.07) is 0.864. The first-order valence-electron chi connectivity index (χ1n) is 7.45. The van der Waals surface area contributed by atoms with E-state index in [1.807, 2.05) is 11.7 Å². The highest BCUT2D eigenvalue weighted by Crippen LogP contribution is 2.39. The Kier molecular flexibility index (Phi) is 3.39. The van der Waals surface area contributed by atoms with Gasteiger partial charge in [0.15, 0.2) is 0 Å². The highest BCUT2D eigenvalue weighted by Gasteiger charge is 2.41. The third-order valence-corrected chi connectivity index (χ3v) is 4.68. The standard InChI is InChI=1S/C15H25N3O/c1-9(14-10(2)17-18(4)11(14)3)16-13-7-8-19-15(13)12-5-6-12/h9,12-13,15-16H,5-8H2,1-4H3. The zero-order valence-electron chi connectivity index (χ0n) is 12.4. The molecule has 1 saturated carbocycles. The van der Waals surface area contributed by atoms with E-state index in [0.29, 0.717) is 18.2 Å². The molecule has 4 nitrogen and oxygen atoms in total. The van der Waals surface area contributed by atoms with Crippen LogP contribution in [0.5, 0.6) is 0 Å². The van der Waals surface area contributed by atoms with Crippen LogP contribution < -0.4 is 5.32 Å². The van der Waals surface area contributed by atoms with Gasteiger partial charge in [0.1, 0.15) is 0 Å². The summed E-state index contributed by atoms with van der Waals surface area (Å²) in [5.74, 6) is 0.809. The molecule has 106 valence electrons. The molecule has 2 heterocycles. The number of hydrogen-bond acceptors (Lipinski definition) is 3. The van der Waals surface area contributed by atoms with Crippen LogP contribution in [0.4, 0.5) is 0 Å². The van der Waals surface area contributed by atoms with Crippen LogP contribution in [0.2, 0.25) is 0 Å². The molecule has 0 amide bonds. The summed E-state index contributed by atoms with van der Waals surface area (Å²) in [7, 11) is 2.02. The van der Waals surface area contributed by atoms with Crippen LogP contribution in [-0.2, 0) is 11.8 Å². The molecule has 3 unspecified atom stereocenters. The maximum Gasteiger partial charge on any atom is 0.0757 e. The molecule has 1 aromatic rings. The second kappa shape index (κ2) is 4.91. The Morgan fingerprint density at radius 1 is 1.32 bits per heavy atom. The van der Waals surface area contributed by atoms with Crippen LogP contribution in [-0.4, -0.2) is 28.5 Å². The van der Waals surface area contributed by atoms with Crippen molar-refractivity contribution in [1.82, 2.24) is 15.1 Å². The average Bonchev–Trinajstić information content (AvgIpc) is 3.04. The minimum absolute atomic E-state index is 0.349. The van der Waals surface area contributed by atoms with Gasteiger partial charge in [-0.3, -0.25) is 4.68 Å². The SMILES string of the molecule is Cc1nn(C)c(C)c1C(C)NC1CCOC1C1CC1. The summed E-state index contributed by atoms with van der Waals surface area (Å²) in [6.45, 7) is 7.41. The third kappa shape index (κ3) is 2.43. The average molecular weight is 263 g/mol. The van der Waals surface area contributed by atoms with E-state index in [0.717, 1.165) is 24.6 Å². The van der Waals surface area contributed by atoms with Gasteiger partial charge in [0.05, 0.1) is 11.8 Å². The van der Waals surface area contributed by atoms with Gasteiger partial charge in [-0.15, -0.1) is 0 Å². The number of aryl methyl sites for hydroxylation is 2. The zero-order chi connectivity index (χ0) is 13.6. The van der Waals surface area contributed by atoms with Crippen LogP contribution >= 0.6 is 0 Å². The maximum absolute atomic E-state index is 5.91. The molecule has 1 aliphatic carbocycles. The molecule has 0 radical (unpaired) electrons. The van der Waals surface area contributed by atoms with Crippen molar-refractivity contribution >= 4 is 0 Å². The Bertz CT molecular complexity index is 464. The van der Waals surface area contributed by atoms with Crippen molar-refractivity contribution in [2.24, 2.45) is 13.0 Å².